The van der Waals surface area contributed by atoms with Gasteiger partial charge in [-0.3, -0.25) is 0 Å². The monoisotopic (exact) mass is 416 g/mol. The molecule has 3 rings (SSSR count). The van der Waals surface area contributed by atoms with E-state index in [-0.39, 0.29) is 5.92 Å². The second-order valence-corrected chi connectivity index (χ2v) is 11.3. The minimum atomic E-state index is -0.674. The summed E-state index contributed by atoms with van der Waals surface area (Å²) in [4.78, 5) is 0. The van der Waals surface area contributed by atoms with Gasteiger partial charge in [0.25, 0.3) is 0 Å². The van der Waals surface area contributed by atoms with Crippen LogP contribution < -0.4 is 0 Å². The molecule has 3 aliphatic rings. The molecule has 3 nitrogen and oxygen atoms in total. The van der Waals surface area contributed by atoms with Gasteiger partial charge in [0, 0.05) is 5.92 Å². The van der Waals surface area contributed by atoms with E-state index < -0.39 is 17.8 Å². The van der Waals surface area contributed by atoms with Gasteiger partial charge in [0.2, 0.25) is 0 Å². The molecule has 3 heteroatoms. The third kappa shape index (κ3) is 5.29. The van der Waals surface area contributed by atoms with Crippen LogP contribution in [0, 0.1) is 29.1 Å². The van der Waals surface area contributed by atoms with Gasteiger partial charge in [0.1, 0.15) is 0 Å². The SMILES string of the molecule is C[C@H](C=C[C@H](C)C(C)(C)O)[C@H]1CC[C@H]2/C(=C\C=C3C[C@@H](O)C[C@H](O)C3)CCCC12C. The number of aliphatic hydroxyl groups excluding tert-OH is 2. The summed E-state index contributed by atoms with van der Waals surface area (Å²) in [5.74, 6) is 2.00. The van der Waals surface area contributed by atoms with Crippen LogP contribution in [0.25, 0.3) is 0 Å². The van der Waals surface area contributed by atoms with Crippen molar-refractivity contribution in [2.24, 2.45) is 29.1 Å². The van der Waals surface area contributed by atoms with Crippen LogP contribution in [0.4, 0.5) is 0 Å². The largest absolute Gasteiger partial charge is 0.393 e. The summed E-state index contributed by atoms with van der Waals surface area (Å²) in [7, 11) is 0. The Hall–Kier alpha value is -0.900. The predicted octanol–water partition coefficient (Wildman–Crippen LogP) is 5.56. The highest BCUT2D eigenvalue weighted by molar-refractivity contribution is 5.26. The Morgan fingerprint density at radius 3 is 2.33 bits per heavy atom. The first-order valence-electron chi connectivity index (χ1n) is 12.2. The molecule has 30 heavy (non-hydrogen) atoms. The lowest BCUT2D eigenvalue weighted by Gasteiger charge is -2.44. The molecule has 0 aromatic carbocycles. The minimum Gasteiger partial charge on any atom is -0.393 e. The van der Waals surface area contributed by atoms with Crippen LogP contribution in [0.15, 0.2) is 35.5 Å². The molecule has 0 saturated heterocycles. The average molecular weight is 417 g/mol. The van der Waals surface area contributed by atoms with Crippen molar-refractivity contribution >= 4 is 0 Å². The first kappa shape index (κ1) is 23.8. The van der Waals surface area contributed by atoms with E-state index in [4.69, 9.17) is 0 Å². The van der Waals surface area contributed by atoms with Crippen LogP contribution in [0.5, 0.6) is 0 Å². The van der Waals surface area contributed by atoms with Gasteiger partial charge in [-0.1, -0.05) is 56.2 Å². The average Bonchev–Trinajstić information content (AvgIpc) is 3.00. The van der Waals surface area contributed by atoms with Gasteiger partial charge in [-0.05, 0) is 88.4 Å². The lowest BCUT2D eigenvalue weighted by Crippen LogP contribution is -2.35. The fourth-order valence-electron chi connectivity index (χ4n) is 6.39. The van der Waals surface area contributed by atoms with Crippen LogP contribution in [0.1, 0.15) is 86.0 Å². The van der Waals surface area contributed by atoms with Gasteiger partial charge in [-0.2, -0.15) is 0 Å². The number of hydrogen-bond acceptors (Lipinski definition) is 3. The Labute approximate surface area is 184 Å². The summed E-state index contributed by atoms with van der Waals surface area (Å²) >= 11 is 0. The first-order valence-corrected chi connectivity index (χ1v) is 12.2. The molecule has 3 saturated carbocycles. The van der Waals surface area contributed by atoms with Crippen molar-refractivity contribution in [1.29, 1.82) is 0 Å². The summed E-state index contributed by atoms with van der Waals surface area (Å²) in [6.45, 7) is 10.7. The molecule has 0 radical (unpaired) electrons. The number of aliphatic hydroxyl groups is 3. The molecule has 0 bridgehead atoms. The van der Waals surface area contributed by atoms with E-state index >= 15 is 0 Å². The van der Waals surface area contributed by atoms with Gasteiger partial charge in [-0.15, -0.1) is 0 Å². The fraction of sp³-hybridized carbons (Fsp3) is 0.778. The summed E-state index contributed by atoms with van der Waals surface area (Å²) in [5, 5.41) is 30.2. The molecular weight excluding hydrogens is 372 g/mol. The zero-order chi connectivity index (χ0) is 22.1. The molecule has 0 aromatic heterocycles. The zero-order valence-corrected chi connectivity index (χ0v) is 19.8. The lowest BCUT2D eigenvalue weighted by atomic mass is 9.61. The van der Waals surface area contributed by atoms with Crippen molar-refractivity contribution in [3.63, 3.8) is 0 Å². The quantitative estimate of drug-likeness (QED) is 0.514. The van der Waals surface area contributed by atoms with Crippen LogP contribution in [0.3, 0.4) is 0 Å². The lowest BCUT2D eigenvalue weighted by molar-refractivity contribution is 0.0436. The molecule has 170 valence electrons. The van der Waals surface area contributed by atoms with Crippen molar-refractivity contribution in [3.05, 3.63) is 35.5 Å². The molecule has 0 amide bonds. The van der Waals surface area contributed by atoms with Crippen molar-refractivity contribution in [2.45, 2.75) is 104 Å². The van der Waals surface area contributed by atoms with Crippen LogP contribution in [-0.2, 0) is 0 Å². The minimum absolute atomic E-state index is 0.152. The van der Waals surface area contributed by atoms with Gasteiger partial charge < -0.3 is 15.3 Å². The van der Waals surface area contributed by atoms with Crippen LogP contribution >= 0.6 is 0 Å². The fourth-order valence-corrected chi connectivity index (χ4v) is 6.39. The zero-order valence-electron chi connectivity index (χ0n) is 19.8. The molecule has 0 heterocycles. The maximum Gasteiger partial charge on any atom is 0.0651 e. The highest BCUT2D eigenvalue weighted by Crippen LogP contribution is 2.59. The van der Waals surface area contributed by atoms with E-state index in [1.165, 1.54) is 37.7 Å². The van der Waals surface area contributed by atoms with E-state index in [1.807, 2.05) is 13.8 Å². The number of allylic oxidation sites excluding steroid dienone is 4. The Morgan fingerprint density at radius 2 is 1.70 bits per heavy atom. The smallest absolute Gasteiger partial charge is 0.0651 e. The second-order valence-electron chi connectivity index (χ2n) is 11.3. The normalized spacial score (nSPS) is 38.7. The maximum absolute atomic E-state index is 10.2. The van der Waals surface area contributed by atoms with Crippen molar-refractivity contribution < 1.29 is 15.3 Å². The Balaban J connectivity index is 1.73. The number of fused-ring (bicyclic) bond motifs is 1. The standard InChI is InChI=1S/C27H44O3/c1-18(8-9-19(2)26(3,4)30)24-12-13-25-21(7-6-14-27(24,25)5)11-10-20-15-22(28)17-23(29)16-20/h8-11,18-19,22-25,28-30H,6-7,12-17H2,1-5H3/b9-8?,21-11-/t18-,19+,22-,23-,24-,25+,27?/m1/s1. The third-order valence-electron chi connectivity index (χ3n) is 8.56. The first-order chi connectivity index (χ1) is 14.0. The molecule has 1 unspecified atom stereocenters. The van der Waals surface area contributed by atoms with Gasteiger partial charge >= 0.3 is 0 Å². The Morgan fingerprint density at radius 1 is 1.03 bits per heavy atom. The summed E-state index contributed by atoms with van der Waals surface area (Å²) in [5.41, 5.74) is 2.43. The van der Waals surface area contributed by atoms with Crippen molar-refractivity contribution in [2.75, 3.05) is 0 Å². The highest BCUT2D eigenvalue weighted by Gasteiger charge is 2.50. The Kier molecular flexibility index (Phi) is 7.37. The maximum atomic E-state index is 10.2. The summed E-state index contributed by atoms with van der Waals surface area (Å²) in [6, 6.07) is 0. The van der Waals surface area contributed by atoms with Gasteiger partial charge in [0.05, 0.1) is 17.8 Å². The van der Waals surface area contributed by atoms with E-state index in [9.17, 15) is 15.3 Å². The molecule has 7 atom stereocenters. The molecule has 0 aliphatic heterocycles. The van der Waals surface area contributed by atoms with Crippen LogP contribution in [-0.4, -0.2) is 33.1 Å². The molecule has 3 aliphatic carbocycles. The summed E-state index contributed by atoms with van der Waals surface area (Å²) < 4.78 is 0. The summed E-state index contributed by atoms with van der Waals surface area (Å²) in [6.07, 6.45) is 16.5. The van der Waals surface area contributed by atoms with E-state index in [2.05, 4.69) is 45.1 Å². The number of rotatable bonds is 5. The van der Waals surface area contributed by atoms with Gasteiger partial charge in [-0.25, -0.2) is 0 Å². The molecular formula is C27H44O3. The third-order valence-corrected chi connectivity index (χ3v) is 8.56. The molecule has 3 N–H and O–H groups in total. The second kappa shape index (κ2) is 9.30. The highest BCUT2D eigenvalue weighted by atomic mass is 16.3. The number of hydrogen-bond donors (Lipinski definition) is 3. The van der Waals surface area contributed by atoms with E-state index in [1.54, 1.807) is 5.57 Å². The van der Waals surface area contributed by atoms with Crippen molar-refractivity contribution in [3.8, 4) is 0 Å². The Bertz CT molecular complexity index is 671. The molecule has 3 fully saturated rings. The van der Waals surface area contributed by atoms with E-state index in [0.717, 1.165) is 0 Å². The van der Waals surface area contributed by atoms with Crippen LogP contribution in [0.2, 0.25) is 0 Å². The predicted molar refractivity (Wildman–Crippen MR) is 124 cm³/mol. The topological polar surface area (TPSA) is 60.7 Å². The van der Waals surface area contributed by atoms with E-state index in [0.29, 0.717) is 42.4 Å². The molecule has 0 aromatic rings. The van der Waals surface area contributed by atoms with Crippen molar-refractivity contribution in [1.82, 2.24) is 0 Å². The van der Waals surface area contributed by atoms with Gasteiger partial charge in [0.15, 0.2) is 0 Å². The molecule has 0 spiro atoms.